The van der Waals surface area contributed by atoms with E-state index >= 15 is 0 Å². The molecule has 0 aliphatic heterocycles. The maximum absolute atomic E-state index is 12.2. The molecule has 0 heterocycles. The molecular weight excluding hydrogens is 324 g/mol. The minimum atomic E-state index is -0.202. The van der Waals surface area contributed by atoms with Gasteiger partial charge in [0, 0.05) is 11.6 Å². The lowest BCUT2D eigenvalue weighted by molar-refractivity contribution is 0.232. The average Bonchev–Trinajstić information content (AvgIpc) is 2.59. The number of hydrogen-bond acceptors (Lipinski definition) is 2. The zero-order valence-electron chi connectivity index (χ0n) is 14.2. The topological polar surface area (TPSA) is 50.4 Å². The Kier molecular flexibility index (Phi) is 6.50. The van der Waals surface area contributed by atoms with Crippen LogP contribution in [0, 0.1) is 5.92 Å². The van der Waals surface area contributed by atoms with Crippen LogP contribution in [0.15, 0.2) is 48.5 Å². The molecule has 2 N–H and O–H groups in total. The average molecular weight is 347 g/mol. The number of methoxy groups -OCH3 is 1. The van der Waals surface area contributed by atoms with Crippen LogP contribution >= 0.6 is 11.6 Å². The van der Waals surface area contributed by atoms with Crippen molar-refractivity contribution in [3.8, 4) is 5.75 Å². The number of nitrogens with one attached hydrogen (secondary N) is 2. The summed E-state index contributed by atoms with van der Waals surface area (Å²) in [5.74, 6) is 1.03. The van der Waals surface area contributed by atoms with E-state index in [1.807, 2.05) is 48.5 Å². The van der Waals surface area contributed by atoms with Crippen LogP contribution in [0.4, 0.5) is 4.79 Å². The zero-order valence-corrected chi connectivity index (χ0v) is 14.9. The van der Waals surface area contributed by atoms with Gasteiger partial charge in [0.2, 0.25) is 0 Å². The highest BCUT2D eigenvalue weighted by Gasteiger charge is 2.18. The van der Waals surface area contributed by atoms with Crippen molar-refractivity contribution in [3.63, 3.8) is 0 Å². The van der Waals surface area contributed by atoms with Crippen LogP contribution < -0.4 is 15.4 Å². The first-order valence-corrected chi connectivity index (χ1v) is 8.30. The fourth-order valence-corrected chi connectivity index (χ4v) is 2.59. The Labute approximate surface area is 148 Å². The molecule has 0 saturated carbocycles. The number of ether oxygens (including phenoxy) is 1. The first-order valence-electron chi connectivity index (χ1n) is 7.92. The Morgan fingerprint density at radius 3 is 2.50 bits per heavy atom. The molecule has 2 rings (SSSR count). The van der Waals surface area contributed by atoms with Gasteiger partial charge in [0.05, 0.1) is 13.2 Å². The molecule has 2 amide bonds. The molecule has 0 aliphatic rings. The Bertz CT molecular complexity index is 671. The molecule has 1 atom stereocenters. The van der Waals surface area contributed by atoms with E-state index in [-0.39, 0.29) is 18.0 Å². The second-order valence-corrected chi connectivity index (χ2v) is 6.39. The maximum Gasteiger partial charge on any atom is 0.315 e. The molecule has 128 valence electrons. The molecule has 2 aromatic rings. The van der Waals surface area contributed by atoms with Crippen molar-refractivity contribution in [1.29, 1.82) is 0 Å². The van der Waals surface area contributed by atoms with Gasteiger partial charge in [0.15, 0.2) is 0 Å². The van der Waals surface area contributed by atoms with E-state index in [0.717, 1.165) is 16.9 Å². The molecule has 0 radical (unpaired) electrons. The highest BCUT2D eigenvalue weighted by Crippen LogP contribution is 2.23. The van der Waals surface area contributed by atoms with Gasteiger partial charge < -0.3 is 15.4 Å². The van der Waals surface area contributed by atoms with Crippen LogP contribution in [0.3, 0.4) is 0 Å². The SMILES string of the molecule is COc1cccc(CNC(=O)NC(c2ccc(Cl)cc2)C(C)C)c1. The van der Waals surface area contributed by atoms with Gasteiger partial charge in [0.1, 0.15) is 5.75 Å². The maximum atomic E-state index is 12.2. The van der Waals surface area contributed by atoms with Crippen LogP contribution in [0.2, 0.25) is 5.02 Å². The highest BCUT2D eigenvalue weighted by molar-refractivity contribution is 6.30. The molecule has 24 heavy (non-hydrogen) atoms. The number of amides is 2. The van der Waals surface area contributed by atoms with Crippen LogP contribution in [-0.2, 0) is 6.54 Å². The van der Waals surface area contributed by atoms with E-state index in [1.54, 1.807) is 7.11 Å². The summed E-state index contributed by atoms with van der Waals surface area (Å²) < 4.78 is 5.19. The van der Waals surface area contributed by atoms with Crippen LogP contribution in [0.25, 0.3) is 0 Å². The Balaban J connectivity index is 1.96. The summed E-state index contributed by atoms with van der Waals surface area (Å²) in [6, 6.07) is 14.9. The molecule has 5 heteroatoms. The van der Waals surface area contributed by atoms with E-state index in [1.165, 1.54) is 0 Å². The quantitative estimate of drug-likeness (QED) is 0.806. The Morgan fingerprint density at radius 1 is 1.17 bits per heavy atom. The van der Waals surface area contributed by atoms with Crippen molar-refractivity contribution < 1.29 is 9.53 Å². The van der Waals surface area contributed by atoms with Crippen molar-refractivity contribution >= 4 is 17.6 Å². The fourth-order valence-electron chi connectivity index (χ4n) is 2.46. The second-order valence-electron chi connectivity index (χ2n) is 5.95. The van der Waals surface area contributed by atoms with Gasteiger partial charge in [-0.25, -0.2) is 4.79 Å². The van der Waals surface area contributed by atoms with Crippen molar-refractivity contribution in [1.82, 2.24) is 10.6 Å². The number of rotatable bonds is 6. The van der Waals surface area contributed by atoms with Gasteiger partial charge in [-0.3, -0.25) is 0 Å². The summed E-state index contributed by atoms with van der Waals surface area (Å²) in [6.45, 7) is 4.58. The number of hydrogen-bond donors (Lipinski definition) is 2. The number of urea groups is 1. The first kappa shape index (κ1) is 18.1. The van der Waals surface area contributed by atoms with Gasteiger partial charge >= 0.3 is 6.03 Å². The van der Waals surface area contributed by atoms with Gasteiger partial charge in [-0.1, -0.05) is 49.7 Å². The van der Waals surface area contributed by atoms with Gasteiger partial charge in [-0.2, -0.15) is 0 Å². The third kappa shape index (κ3) is 5.17. The summed E-state index contributed by atoms with van der Waals surface area (Å²) in [5.41, 5.74) is 2.02. The molecule has 0 fully saturated rings. The summed E-state index contributed by atoms with van der Waals surface area (Å²) in [7, 11) is 1.62. The van der Waals surface area contributed by atoms with E-state index in [4.69, 9.17) is 16.3 Å². The monoisotopic (exact) mass is 346 g/mol. The highest BCUT2D eigenvalue weighted by atomic mass is 35.5. The second kappa shape index (κ2) is 8.60. The molecular formula is C19H23ClN2O2. The van der Waals surface area contributed by atoms with E-state index in [9.17, 15) is 4.79 Å². The molecule has 1 unspecified atom stereocenters. The fraction of sp³-hybridized carbons (Fsp3) is 0.316. The van der Waals surface area contributed by atoms with Crippen LogP contribution in [0.5, 0.6) is 5.75 Å². The van der Waals surface area contributed by atoms with E-state index in [0.29, 0.717) is 11.6 Å². The Morgan fingerprint density at radius 2 is 1.88 bits per heavy atom. The number of benzene rings is 2. The molecule has 0 spiro atoms. The summed E-state index contributed by atoms with van der Waals surface area (Å²) in [6.07, 6.45) is 0. The lowest BCUT2D eigenvalue weighted by atomic mass is 9.96. The minimum Gasteiger partial charge on any atom is -0.497 e. The van der Waals surface area contributed by atoms with Crippen molar-refractivity contribution in [2.75, 3.05) is 7.11 Å². The van der Waals surface area contributed by atoms with Crippen molar-refractivity contribution in [2.24, 2.45) is 5.92 Å². The minimum absolute atomic E-state index is 0.0763. The number of carbonyl (C=O) groups excluding carboxylic acids is 1. The first-order chi connectivity index (χ1) is 11.5. The van der Waals surface area contributed by atoms with Gasteiger partial charge in [-0.15, -0.1) is 0 Å². The number of carbonyl (C=O) groups is 1. The van der Waals surface area contributed by atoms with E-state index in [2.05, 4.69) is 24.5 Å². The molecule has 0 bridgehead atoms. The largest absolute Gasteiger partial charge is 0.497 e. The third-order valence-corrected chi connectivity index (χ3v) is 4.02. The molecule has 2 aromatic carbocycles. The summed E-state index contributed by atoms with van der Waals surface area (Å²) in [5, 5.41) is 6.60. The molecule has 0 aromatic heterocycles. The van der Waals surface area contributed by atoms with Crippen LogP contribution in [0.1, 0.15) is 31.0 Å². The van der Waals surface area contributed by atoms with E-state index < -0.39 is 0 Å². The predicted octanol–water partition coefficient (Wildman–Crippen LogP) is 4.55. The molecule has 0 aliphatic carbocycles. The van der Waals surface area contributed by atoms with Crippen LogP contribution in [-0.4, -0.2) is 13.1 Å². The third-order valence-electron chi connectivity index (χ3n) is 3.77. The Hall–Kier alpha value is -2.20. The lowest BCUT2D eigenvalue weighted by Crippen LogP contribution is -2.39. The van der Waals surface area contributed by atoms with Crippen molar-refractivity contribution in [2.45, 2.75) is 26.4 Å². The predicted molar refractivity (Wildman–Crippen MR) is 97.4 cm³/mol. The molecule has 0 saturated heterocycles. The standard InChI is InChI=1S/C19H23ClN2O2/c1-13(2)18(15-7-9-16(20)10-8-15)22-19(23)21-12-14-5-4-6-17(11-14)24-3/h4-11,13,18H,12H2,1-3H3,(H2,21,22,23). The molecule has 4 nitrogen and oxygen atoms in total. The van der Waals surface area contributed by atoms with Crippen molar-refractivity contribution in [3.05, 3.63) is 64.7 Å². The smallest absolute Gasteiger partial charge is 0.315 e. The zero-order chi connectivity index (χ0) is 17.5. The summed E-state index contributed by atoms with van der Waals surface area (Å²) in [4.78, 5) is 12.2. The number of halogens is 1. The van der Waals surface area contributed by atoms with Gasteiger partial charge in [0.25, 0.3) is 0 Å². The normalized spacial score (nSPS) is 11.9. The summed E-state index contributed by atoms with van der Waals surface area (Å²) >= 11 is 5.93. The lowest BCUT2D eigenvalue weighted by Gasteiger charge is -2.23. The van der Waals surface area contributed by atoms with Gasteiger partial charge in [-0.05, 0) is 41.3 Å².